The molecule has 0 fully saturated rings. The molecule has 0 bridgehead atoms. The van der Waals surface area contributed by atoms with Gasteiger partial charge in [0.25, 0.3) is 29.3 Å². The zero-order valence-electron chi connectivity index (χ0n) is 10.6. The van der Waals surface area contributed by atoms with Crippen LogP contribution in [0.3, 0.4) is 0 Å². The van der Waals surface area contributed by atoms with Gasteiger partial charge in [0.05, 0.1) is 0 Å². The van der Waals surface area contributed by atoms with Gasteiger partial charge in [-0.05, 0) is 6.92 Å². The van der Waals surface area contributed by atoms with Crippen LogP contribution in [-0.4, -0.2) is 56.0 Å². The highest BCUT2D eigenvalue weighted by atomic mass is 16.4. The van der Waals surface area contributed by atoms with Crippen LogP contribution in [0.25, 0.3) is 0 Å². The van der Waals surface area contributed by atoms with E-state index in [4.69, 9.17) is 0 Å². The smallest absolute Gasteiger partial charge is 0.360 e. The van der Waals surface area contributed by atoms with Gasteiger partial charge in [0, 0.05) is 24.3 Å². The first-order valence-corrected chi connectivity index (χ1v) is 5.61. The minimum Gasteiger partial charge on any atom is -0.478 e. The lowest BCUT2D eigenvalue weighted by Crippen LogP contribution is -2.72. The van der Waals surface area contributed by atoms with Crippen LogP contribution in [0.15, 0.2) is 24.3 Å². The number of carbonyl (C=O) groups excluding carboxylic acids is 5. The third-order valence-electron chi connectivity index (χ3n) is 3.05. The SMILES string of the molecule is CC(=O)C(C(=O)O)(N1C(=O)C=CC1=O)N1C(=O)C=CC1=O. The van der Waals surface area contributed by atoms with Crippen molar-refractivity contribution in [3.05, 3.63) is 24.3 Å². The molecule has 0 aromatic rings. The minimum atomic E-state index is -3.03. The van der Waals surface area contributed by atoms with Crippen LogP contribution in [0.1, 0.15) is 6.92 Å². The fourth-order valence-electron chi connectivity index (χ4n) is 2.20. The Kier molecular flexibility index (Phi) is 3.05. The molecule has 4 amide bonds. The Morgan fingerprint density at radius 3 is 1.33 bits per heavy atom. The Balaban J connectivity index is 2.71. The van der Waals surface area contributed by atoms with Crippen LogP contribution in [0.5, 0.6) is 0 Å². The molecule has 0 spiro atoms. The molecule has 0 atom stereocenters. The number of nitrogens with zero attached hydrogens (tertiary/aromatic N) is 2. The van der Waals surface area contributed by atoms with E-state index in [9.17, 15) is 33.9 Å². The van der Waals surface area contributed by atoms with Crippen LogP contribution in [0, 0.1) is 0 Å². The molecule has 0 saturated heterocycles. The summed E-state index contributed by atoms with van der Waals surface area (Å²) in [5.74, 6) is -7.64. The highest BCUT2D eigenvalue weighted by molar-refractivity contribution is 6.26. The Morgan fingerprint density at radius 1 is 0.857 bits per heavy atom. The molecular weight excluding hydrogens is 284 g/mol. The fourth-order valence-corrected chi connectivity index (χ4v) is 2.20. The van der Waals surface area contributed by atoms with Crippen molar-refractivity contribution in [2.45, 2.75) is 12.6 Å². The highest BCUT2D eigenvalue weighted by Crippen LogP contribution is 2.29. The van der Waals surface area contributed by atoms with E-state index in [0.717, 1.165) is 31.2 Å². The molecule has 9 nitrogen and oxygen atoms in total. The second kappa shape index (κ2) is 4.47. The maximum atomic E-state index is 11.9. The van der Waals surface area contributed by atoms with E-state index in [-0.39, 0.29) is 9.80 Å². The van der Waals surface area contributed by atoms with E-state index in [1.165, 1.54) is 0 Å². The number of imide groups is 2. The number of carbonyl (C=O) groups is 6. The predicted octanol–water partition coefficient (Wildman–Crippen LogP) is -1.79. The van der Waals surface area contributed by atoms with Crippen molar-refractivity contribution in [2.75, 3.05) is 0 Å². The van der Waals surface area contributed by atoms with E-state index in [2.05, 4.69) is 0 Å². The highest BCUT2D eigenvalue weighted by Gasteiger charge is 2.62. The van der Waals surface area contributed by atoms with Gasteiger partial charge in [0.2, 0.25) is 0 Å². The van der Waals surface area contributed by atoms with E-state index in [1.807, 2.05) is 0 Å². The third-order valence-corrected chi connectivity index (χ3v) is 3.05. The van der Waals surface area contributed by atoms with Crippen molar-refractivity contribution in [1.29, 1.82) is 0 Å². The lowest BCUT2D eigenvalue weighted by molar-refractivity contribution is -0.184. The van der Waals surface area contributed by atoms with Crippen LogP contribution >= 0.6 is 0 Å². The maximum Gasteiger partial charge on any atom is 0.360 e. The summed E-state index contributed by atoms with van der Waals surface area (Å²) in [4.78, 5) is 70.7. The summed E-state index contributed by atoms with van der Waals surface area (Å²) in [5.41, 5.74) is -3.03. The van der Waals surface area contributed by atoms with Gasteiger partial charge in [-0.1, -0.05) is 0 Å². The third kappa shape index (κ3) is 1.71. The number of ketones is 1. The van der Waals surface area contributed by atoms with Gasteiger partial charge in [-0.15, -0.1) is 0 Å². The molecule has 2 aliphatic heterocycles. The van der Waals surface area contributed by atoms with E-state index in [0.29, 0.717) is 0 Å². The van der Waals surface area contributed by atoms with Crippen molar-refractivity contribution < 1.29 is 33.9 Å². The molecule has 2 heterocycles. The maximum absolute atomic E-state index is 11.9. The first-order chi connectivity index (χ1) is 9.74. The summed E-state index contributed by atoms with van der Waals surface area (Å²) in [6, 6.07) is 0. The van der Waals surface area contributed by atoms with Crippen LogP contribution in [0.2, 0.25) is 0 Å². The summed E-state index contributed by atoms with van der Waals surface area (Å²) >= 11 is 0. The van der Waals surface area contributed by atoms with Gasteiger partial charge in [0.1, 0.15) is 0 Å². The van der Waals surface area contributed by atoms with Gasteiger partial charge >= 0.3 is 5.97 Å². The number of carboxylic acids is 1. The lowest BCUT2D eigenvalue weighted by atomic mass is 10.0. The van der Waals surface area contributed by atoms with E-state index in [1.54, 1.807) is 0 Å². The Morgan fingerprint density at radius 2 is 1.14 bits per heavy atom. The second-order valence-electron chi connectivity index (χ2n) is 4.22. The molecule has 108 valence electrons. The number of carboxylic acid groups (broad SMARTS) is 1. The Hall–Kier alpha value is -3.10. The van der Waals surface area contributed by atoms with Crippen molar-refractivity contribution in [2.24, 2.45) is 0 Å². The van der Waals surface area contributed by atoms with E-state index >= 15 is 0 Å². The van der Waals surface area contributed by atoms with Crippen LogP contribution in [0.4, 0.5) is 0 Å². The number of amides is 4. The van der Waals surface area contributed by atoms with Gasteiger partial charge in [-0.25, -0.2) is 14.6 Å². The van der Waals surface area contributed by atoms with Gasteiger partial charge in [-0.3, -0.25) is 24.0 Å². The van der Waals surface area contributed by atoms with Crippen molar-refractivity contribution in [3.8, 4) is 0 Å². The van der Waals surface area contributed by atoms with Crippen molar-refractivity contribution in [3.63, 3.8) is 0 Å². The number of rotatable bonds is 4. The summed E-state index contributed by atoms with van der Waals surface area (Å²) < 4.78 is 0. The summed E-state index contributed by atoms with van der Waals surface area (Å²) in [6.07, 6.45) is 3.01. The quantitative estimate of drug-likeness (QED) is 0.478. The van der Waals surface area contributed by atoms with Crippen molar-refractivity contribution >= 4 is 35.4 Å². The molecule has 0 radical (unpaired) electrons. The first-order valence-electron chi connectivity index (χ1n) is 5.61. The lowest BCUT2D eigenvalue weighted by Gasteiger charge is -2.39. The van der Waals surface area contributed by atoms with Crippen LogP contribution in [-0.2, 0) is 28.8 Å². The number of hydrogen-bond acceptors (Lipinski definition) is 6. The largest absolute Gasteiger partial charge is 0.478 e. The predicted molar refractivity (Wildman–Crippen MR) is 63.0 cm³/mol. The normalized spacial score (nSPS) is 18.1. The molecule has 9 heteroatoms. The van der Waals surface area contributed by atoms with Crippen molar-refractivity contribution in [1.82, 2.24) is 9.80 Å². The summed E-state index contributed by atoms with van der Waals surface area (Å²) in [6.45, 7) is 0.770. The molecule has 2 aliphatic rings. The van der Waals surface area contributed by atoms with Gasteiger partial charge in [0.15, 0.2) is 5.78 Å². The van der Waals surface area contributed by atoms with Gasteiger partial charge < -0.3 is 5.11 Å². The zero-order chi connectivity index (χ0) is 15.9. The zero-order valence-corrected chi connectivity index (χ0v) is 10.6. The Labute approximate surface area is 117 Å². The summed E-state index contributed by atoms with van der Waals surface area (Å²) in [5, 5.41) is 9.42. The molecule has 0 aromatic heterocycles. The topological polar surface area (TPSA) is 129 Å². The minimum absolute atomic E-state index is 0.0838. The van der Waals surface area contributed by atoms with E-state index < -0.39 is 41.0 Å². The molecule has 0 aliphatic carbocycles. The fraction of sp³-hybridized carbons (Fsp3) is 0.167. The Bertz CT molecular complexity index is 579. The number of Topliss-reactive ketones (excluding diaryl/α,β-unsaturated/α-hetero) is 1. The standard InChI is InChI=1S/C12H8N2O7/c1-6(15)12(11(20)21,13-7(16)2-3-8(13)17)14-9(18)4-5-10(14)19/h2-5H,1H3,(H,20,21). The number of hydrogen-bond donors (Lipinski definition) is 1. The second-order valence-corrected chi connectivity index (χ2v) is 4.22. The van der Waals surface area contributed by atoms with Gasteiger partial charge in [-0.2, -0.15) is 0 Å². The van der Waals surface area contributed by atoms with Crippen LogP contribution < -0.4 is 0 Å². The average Bonchev–Trinajstić information content (AvgIpc) is 2.88. The molecule has 2 rings (SSSR count). The summed E-state index contributed by atoms with van der Waals surface area (Å²) in [7, 11) is 0. The molecule has 0 aromatic carbocycles. The first kappa shape index (κ1) is 14.3. The molecule has 0 saturated carbocycles. The molecule has 21 heavy (non-hydrogen) atoms. The monoisotopic (exact) mass is 292 g/mol. The molecule has 0 unspecified atom stereocenters. The molecule has 1 N–H and O–H groups in total. The number of aliphatic carboxylic acids is 1. The average molecular weight is 292 g/mol. The molecular formula is C12H8N2O7.